The average Bonchev–Trinajstić information content (AvgIpc) is 2.88. The summed E-state index contributed by atoms with van der Waals surface area (Å²) in [5.74, 6) is 0.109. The van der Waals surface area contributed by atoms with Gasteiger partial charge in [-0.05, 0) is 48.7 Å². The zero-order chi connectivity index (χ0) is 25.4. The van der Waals surface area contributed by atoms with Gasteiger partial charge in [0.05, 0.1) is 26.3 Å². The Morgan fingerprint density at radius 2 is 1.63 bits per heavy atom. The number of ether oxygens (including phenoxy) is 2. The third-order valence-corrected chi connectivity index (χ3v) is 6.18. The van der Waals surface area contributed by atoms with Crippen LogP contribution in [-0.4, -0.2) is 36.5 Å². The molecule has 1 atom stereocenters. The highest BCUT2D eigenvalue weighted by Gasteiger charge is 2.41. The van der Waals surface area contributed by atoms with Crippen LogP contribution in [0.3, 0.4) is 0 Å². The molecule has 0 heterocycles. The Bertz CT molecular complexity index is 1150. The maximum atomic E-state index is 13.7. The van der Waals surface area contributed by atoms with E-state index >= 15 is 0 Å². The summed E-state index contributed by atoms with van der Waals surface area (Å²) in [5, 5.41) is 2.93. The van der Waals surface area contributed by atoms with Crippen molar-refractivity contribution in [2.75, 3.05) is 19.5 Å². The second kappa shape index (κ2) is 11.5. The number of rotatable bonds is 10. The monoisotopic (exact) mass is 478 g/mol. The van der Waals surface area contributed by atoms with Gasteiger partial charge in [0, 0.05) is 12.6 Å². The smallest absolute Gasteiger partial charge is 0.250 e. The van der Waals surface area contributed by atoms with Crippen molar-refractivity contribution in [3.05, 3.63) is 89.7 Å². The average molecular weight is 479 g/mol. The molecular weight excluding hydrogens is 447 g/mol. The molecule has 0 bridgehead atoms. The fourth-order valence-electron chi connectivity index (χ4n) is 3.81. The number of benzene rings is 3. The maximum absolute atomic E-state index is 13.7. The Morgan fingerprint density at radius 1 is 0.943 bits per heavy atom. The number of carbonyl (C=O) groups excluding carboxylic acids is 2. The van der Waals surface area contributed by atoms with E-state index in [1.54, 1.807) is 49.3 Å². The maximum Gasteiger partial charge on any atom is 0.250 e. The van der Waals surface area contributed by atoms with Crippen LogP contribution in [0.2, 0.25) is 0 Å². The summed E-state index contributed by atoms with van der Waals surface area (Å²) in [6, 6.07) is 20.4. The minimum Gasteiger partial charge on any atom is -0.497 e. The number of nitrogens with one attached hydrogen (secondary N) is 1. The summed E-state index contributed by atoms with van der Waals surface area (Å²) in [7, 11) is 3.06. The number of methoxy groups -OCH3 is 2. The number of anilines is 1. The van der Waals surface area contributed by atoms with Crippen molar-refractivity contribution in [2.45, 2.75) is 38.8 Å². The first kappa shape index (κ1) is 25.7. The molecule has 0 saturated heterocycles. The molecule has 1 unspecified atom stereocenters. The number of nitrogens with zero attached hydrogens (tertiary/aromatic N) is 1. The molecule has 0 aliphatic carbocycles. The van der Waals surface area contributed by atoms with Gasteiger partial charge >= 0.3 is 0 Å². The first-order valence-electron chi connectivity index (χ1n) is 11.4. The van der Waals surface area contributed by atoms with Crippen LogP contribution < -0.4 is 14.8 Å². The molecule has 3 aromatic carbocycles. The van der Waals surface area contributed by atoms with Crippen LogP contribution in [0.25, 0.3) is 0 Å². The van der Waals surface area contributed by atoms with Crippen molar-refractivity contribution in [3.63, 3.8) is 0 Å². The molecule has 6 nitrogen and oxygen atoms in total. The lowest BCUT2D eigenvalue weighted by Crippen LogP contribution is -2.56. The number of carbonyl (C=O) groups is 2. The lowest BCUT2D eigenvalue weighted by atomic mass is 9.92. The van der Waals surface area contributed by atoms with Gasteiger partial charge in [-0.2, -0.15) is 0 Å². The number of amides is 2. The zero-order valence-electron chi connectivity index (χ0n) is 20.5. The molecule has 3 rings (SSSR count). The van der Waals surface area contributed by atoms with E-state index in [1.165, 1.54) is 19.2 Å². The van der Waals surface area contributed by atoms with E-state index in [0.717, 1.165) is 11.1 Å². The fraction of sp³-hybridized carbons (Fsp3) is 0.286. The first-order valence-corrected chi connectivity index (χ1v) is 11.4. The summed E-state index contributed by atoms with van der Waals surface area (Å²) in [6.45, 7) is 3.76. The molecule has 0 aromatic heterocycles. The Balaban J connectivity index is 1.94. The minimum absolute atomic E-state index is 0.136. The fourth-order valence-corrected chi connectivity index (χ4v) is 3.81. The van der Waals surface area contributed by atoms with Gasteiger partial charge in [-0.1, -0.05) is 49.4 Å². The standard InChI is InChI=1S/C28H31FN2O4/c1-5-28(2,27(33)30-24-16-15-23(34-3)18-25(24)35-4)31(19-21-11-13-22(29)14-12-21)26(32)17-20-9-7-6-8-10-20/h6-16,18H,5,17,19H2,1-4H3,(H,30,33). The van der Waals surface area contributed by atoms with E-state index in [-0.39, 0.29) is 30.6 Å². The SMILES string of the molecule is CCC(C)(C(=O)Nc1ccc(OC)cc1OC)N(Cc1ccc(F)cc1)C(=O)Cc1ccccc1. The van der Waals surface area contributed by atoms with E-state index < -0.39 is 5.54 Å². The second-order valence-electron chi connectivity index (χ2n) is 8.42. The van der Waals surface area contributed by atoms with Crippen molar-refractivity contribution in [1.82, 2.24) is 4.90 Å². The predicted molar refractivity (Wildman–Crippen MR) is 134 cm³/mol. The molecule has 0 spiro atoms. The molecular formula is C28H31FN2O4. The summed E-state index contributed by atoms with van der Waals surface area (Å²) < 4.78 is 24.2. The molecule has 7 heteroatoms. The quantitative estimate of drug-likeness (QED) is 0.434. The Hall–Kier alpha value is -3.87. The minimum atomic E-state index is -1.19. The van der Waals surface area contributed by atoms with Gasteiger partial charge in [0.1, 0.15) is 22.9 Å². The van der Waals surface area contributed by atoms with Crippen LogP contribution in [0.5, 0.6) is 11.5 Å². The zero-order valence-corrected chi connectivity index (χ0v) is 20.5. The number of halogens is 1. The normalized spacial score (nSPS) is 12.4. The van der Waals surface area contributed by atoms with Gasteiger partial charge in [0.2, 0.25) is 11.8 Å². The van der Waals surface area contributed by atoms with Crippen LogP contribution in [0.4, 0.5) is 10.1 Å². The lowest BCUT2D eigenvalue weighted by molar-refractivity contribution is -0.145. The molecule has 184 valence electrons. The van der Waals surface area contributed by atoms with Gasteiger partial charge < -0.3 is 19.7 Å². The van der Waals surface area contributed by atoms with E-state index in [9.17, 15) is 14.0 Å². The molecule has 0 saturated carbocycles. The molecule has 0 aliphatic heterocycles. The van der Waals surface area contributed by atoms with E-state index in [1.807, 2.05) is 37.3 Å². The Labute approximate surface area is 205 Å². The van der Waals surface area contributed by atoms with E-state index in [2.05, 4.69) is 5.32 Å². The van der Waals surface area contributed by atoms with Crippen molar-refractivity contribution >= 4 is 17.5 Å². The van der Waals surface area contributed by atoms with Gasteiger partial charge in [-0.25, -0.2) is 4.39 Å². The molecule has 2 amide bonds. The van der Waals surface area contributed by atoms with Crippen LogP contribution >= 0.6 is 0 Å². The van der Waals surface area contributed by atoms with Crippen LogP contribution in [0, 0.1) is 5.82 Å². The predicted octanol–water partition coefficient (Wildman–Crippen LogP) is 5.22. The molecule has 0 aliphatic rings. The number of hydrogen-bond acceptors (Lipinski definition) is 4. The third-order valence-electron chi connectivity index (χ3n) is 6.18. The van der Waals surface area contributed by atoms with Crippen molar-refractivity contribution < 1.29 is 23.5 Å². The van der Waals surface area contributed by atoms with Crippen LogP contribution in [0.15, 0.2) is 72.8 Å². The van der Waals surface area contributed by atoms with E-state index in [4.69, 9.17) is 9.47 Å². The largest absolute Gasteiger partial charge is 0.497 e. The summed E-state index contributed by atoms with van der Waals surface area (Å²) in [5.41, 5.74) is 0.848. The van der Waals surface area contributed by atoms with Crippen molar-refractivity contribution in [3.8, 4) is 11.5 Å². The first-order chi connectivity index (χ1) is 16.8. The van der Waals surface area contributed by atoms with Gasteiger partial charge in [-0.3, -0.25) is 9.59 Å². The highest BCUT2D eigenvalue weighted by atomic mass is 19.1. The summed E-state index contributed by atoms with van der Waals surface area (Å²) in [4.78, 5) is 28.8. The highest BCUT2D eigenvalue weighted by Crippen LogP contribution is 2.32. The molecule has 0 fully saturated rings. The second-order valence-corrected chi connectivity index (χ2v) is 8.42. The van der Waals surface area contributed by atoms with Gasteiger partial charge in [0.25, 0.3) is 0 Å². The molecule has 1 N–H and O–H groups in total. The topological polar surface area (TPSA) is 67.9 Å². The number of hydrogen-bond donors (Lipinski definition) is 1. The molecule has 3 aromatic rings. The lowest BCUT2D eigenvalue weighted by Gasteiger charge is -2.40. The Kier molecular flexibility index (Phi) is 8.47. The highest BCUT2D eigenvalue weighted by molar-refractivity contribution is 6.01. The third kappa shape index (κ3) is 6.18. The van der Waals surface area contributed by atoms with E-state index in [0.29, 0.717) is 23.6 Å². The van der Waals surface area contributed by atoms with Gasteiger partial charge in [0.15, 0.2) is 0 Å². The Morgan fingerprint density at radius 3 is 2.23 bits per heavy atom. The molecule has 0 radical (unpaired) electrons. The van der Waals surface area contributed by atoms with Crippen LogP contribution in [-0.2, 0) is 22.6 Å². The van der Waals surface area contributed by atoms with Crippen molar-refractivity contribution in [2.24, 2.45) is 0 Å². The summed E-state index contributed by atoms with van der Waals surface area (Å²) >= 11 is 0. The molecule has 35 heavy (non-hydrogen) atoms. The van der Waals surface area contributed by atoms with Crippen LogP contribution in [0.1, 0.15) is 31.4 Å². The summed E-state index contributed by atoms with van der Waals surface area (Å²) in [6.07, 6.45) is 0.496. The van der Waals surface area contributed by atoms with Crippen molar-refractivity contribution in [1.29, 1.82) is 0 Å². The van der Waals surface area contributed by atoms with Gasteiger partial charge in [-0.15, -0.1) is 0 Å².